The van der Waals surface area contributed by atoms with Crippen LogP contribution in [0.2, 0.25) is 0 Å². The minimum atomic E-state index is -0.813. The third kappa shape index (κ3) is 5.52. The molecule has 1 aromatic heterocycles. The van der Waals surface area contributed by atoms with Crippen LogP contribution in [0, 0.1) is 28.8 Å². The summed E-state index contributed by atoms with van der Waals surface area (Å²) >= 11 is 0. The van der Waals surface area contributed by atoms with E-state index in [1.165, 1.54) is 36.4 Å². The summed E-state index contributed by atoms with van der Waals surface area (Å²) in [5.41, 5.74) is 2.92. The Morgan fingerprint density at radius 1 is 1.02 bits per heavy atom. The van der Waals surface area contributed by atoms with E-state index >= 15 is 0 Å². The van der Waals surface area contributed by atoms with Gasteiger partial charge in [0.15, 0.2) is 5.78 Å². The first kappa shape index (κ1) is 30.6. The Balaban J connectivity index is 0.00000220. The highest BCUT2D eigenvalue weighted by atomic mass is 32.1. The summed E-state index contributed by atoms with van der Waals surface area (Å²) in [6.45, 7) is 4.07. The van der Waals surface area contributed by atoms with Crippen molar-refractivity contribution in [2.45, 2.75) is 26.2 Å². The number of carbonyl (C=O) groups is 2. The maximum Gasteiger partial charge on any atom is 0.270 e. The number of hydrogen-bond donors (Lipinski definition) is 0. The smallest absolute Gasteiger partial charge is 0.270 e. The molecule has 5 rings (SSSR count). The molecular weight excluding hydrogens is 551 g/mol. The molecule has 0 spiro atoms. The lowest BCUT2D eigenvalue weighted by molar-refractivity contribution is -0.384. The van der Waals surface area contributed by atoms with Crippen LogP contribution in [-0.2, 0) is 4.79 Å². The van der Waals surface area contributed by atoms with Crippen LogP contribution in [0.5, 0.6) is 0 Å². The summed E-state index contributed by atoms with van der Waals surface area (Å²) in [5, 5.41) is 16.0. The van der Waals surface area contributed by atoms with Crippen molar-refractivity contribution in [1.29, 1.82) is 0 Å². The van der Waals surface area contributed by atoms with Crippen molar-refractivity contribution in [3.05, 3.63) is 117 Å². The van der Waals surface area contributed by atoms with E-state index in [-0.39, 0.29) is 56.4 Å². The highest BCUT2D eigenvalue weighted by Crippen LogP contribution is 2.47. The quantitative estimate of drug-likeness (QED) is 0.155. The fourth-order valence-electron chi connectivity index (χ4n) is 5.24. The molecule has 0 radical (unpaired) electrons. The van der Waals surface area contributed by atoms with E-state index < -0.39 is 22.6 Å². The van der Waals surface area contributed by atoms with Crippen LogP contribution in [0.4, 0.5) is 15.9 Å². The molecule has 0 unspecified atom stereocenters. The average Bonchev–Trinajstić information content (AvgIpc) is 3.26. The van der Waals surface area contributed by atoms with Crippen molar-refractivity contribution < 1.29 is 18.9 Å². The SMILES string of the molecule is CCN1C(=O)[C@@H](CC(=O)c2cccc([N+](=O)[O-])c2)[C@@H](c2ccc(F)cc2)c2c(C)nn(-c3ccccc3)c21.S.S. The van der Waals surface area contributed by atoms with Crippen LogP contribution in [0.3, 0.4) is 0 Å². The number of hydrogen-bond acceptors (Lipinski definition) is 5. The van der Waals surface area contributed by atoms with Gasteiger partial charge in [-0.2, -0.15) is 32.1 Å². The number of para-hydroxylation sites is 1. The number of benzene rings is 3. The van der Waals surface area contributed by atoms with Gasteiger partial charge < -0.3 is 0 Å². The van der Waals surface area contributed by atoms with Gasteiger partial charge in [0.25, 0.3) is 5.69 Å². The van der Waals surface area contributed by atoms with Crippen LogP contribution >= 0.6 is 27.0 Å². The van der Waals surface area contributed by atoms with Gasteiger partial charge in [0.1, 0.15) is 11.6 Å². The predicted molar refractivity (Wildman–Crippen MR) is 161 cm³/mol. The second kappa shape index (κ2) is 12.5. The molecule has 40 heavy (non-hydrogen) atoms. The minimum absolute atomic E-state index is 0. The lowest BCUT2D eigenvalue weighted by Crippen LogP contribution is -2.45. The molecule has 0 bridgehead atoms. The van der Waals surface area contributed by atoms with Crippen molar-refractivity contribution in [2.75, 3.05) is 11.4 Å². The standard InChI is InChI=1S/C29H25FN4O4.2H2S/c1-3-32-28-26(18(2)31-33(28)22-9-5-4-6-10-22)27(19-12-14-21(30)15-13-19)24(29(32)36)17-25(35)20-8-7-11-23(16-20)34(37)38;;/h4-16,24,27H,3,17H2,1-2H3;2*1H2/t24-,27+;;/m0../s1. The van der Waals surface area contributed by atoms with Crippen LogP contribution in [-0.4, -0.2) is 32.9 Å². The van der Waals surface area contributed by atoms with Gasteiger partial charge >= 0.3 is 0 Å². The highest BCUT2D eigenvalue weighted by molar-refractivity contribution is 7.59. The summed E-state index contributed by atoms with van der Waals surface area (Å²) in [6, 6.07) is 20.9. The van der Waals surface area contributed by atoms with Crippen LogP contribution in [0.15, 0.2) is 78.9 Å². The highest BCUT2D eigenvalue weighted by Gasteiger charge is 2.45. The first-order valence-electron chi connectivity index (χ1n) is 12.3. The molecule has 208 valence electrons. The number of nitrogens with zero attached hydrogens (tertiary/aromatic N) is 4. The number of Topliss-reactive ketones (excluding diaryl/α,β-unsaturated/α-hetero) is 1. The number of rotatable bonds is 7. The minimum Gasteiger partial charge on any atom is -0.296 e. The molecule has 1 amide bonds. The third-order valence-electron chi connectivity index (χ3n) is 6.96. The molecular formula is C29H29FN4O4S2. The third-order valence-corrected chi connectivity index (χ3v) is 6.96. The number of non-ortho nitro benzene ring substituents is 1. The van der Waals surface area contributed by atoms with Gasteiger partial charge in [-0.1, -0.05) is 42.5 Å². The summed E-state index contributed by atoms with van der Waals surface area (Å²) < 4.78 is 15.6. The number of aryl methyl sites for hydroxylation is 1. The number of fused-ring (bicyclic) bond motifs is 1. The molecule has 1 aliphatic heterocycles. The van der Waals surface area contributed by atoms with Crippen molar-refractivity contribution in [1.82, 2.24) is 9.78 Å². The van der Waals surface area contributed by atoms with Crippen LogP contribution in [0.1, 0.15) is 46.4 Å². The lowest BCUT2D eigenvalue weighted by Gasteiger charge is -2.38. The van der Waals surface area contributed by atoms with E-state index in [0.29, 0.717) is 23.6 Å². The van der Waals surface area contributed by atoms with Gasteiger partial charge in [-0.3, -0.25) is 24.6 Å². The molecule has 0 saturated heterocycles. The molecule has 3 aromatic carbocycles. The van der Waals surface area contributed by atoms with E-state index in [1.807, 2.05) is 44.2 Å². The Labute approximate surface area is 244 Å². The van der Waals surface area contributed by atoms with E-state index in [2.05, 4.69) is 0 Å². The summed E-state index contributed by atoms with van der Waals surface area (Å²) in [5.74, 6) is -1.81. The summed E-state index contributed by atoms with van der Waals surface area (Å²) in [4.78, 5) is 39.8. The Bertz CT molecular complexity index is 1540. The van der Waals surface area contributed by atoms with Gasteiger partial charge in [-0.05, 0) is 43.7 Å². The van der Waals surface area contributed by atoms with Crippen molar-refractivity contribution in [3.8, 4) is 5.69 Å². The largest absolute Gasteiger partial charge is 0.296 e. The Morgan fingerprint density at radius 2 is 1.70 bits per heavy atom. The Hall–Kier alpha value is -3.96. The first-order valence-corrected chi connectivity index (χ1v) is 12.3. The molecule has 2 atom stereocenters. The molecule has 8 nitrogen and oxygen atoms in total. The number of amides is 1. The van der Waals surface area contributed by atoms with Gasteiger partial charge in [-0.25, -0.2) is 9.07 Å². The number of nitro benzene ring substituents is 1. The Kier molecular flexibility index (Phi) is 9.54. The lowest BCUT2D eigenvalue weighted by atomic mass is 9.74. The van der Waals surface area contributed by atoms with Gasteiger partial charge in [0.05, 0.1) is 22.2 Å². The van der Waals surface area contributed by atoms with Crippen molar-refractivity contribution in [2.24, 2.45) is 5.92 Å². The molecule has 0 aliphatic carbocycles. The van der Waals surface area contributed by atoms with Crippen LogP contribution in [0.25, 0.3) is 5.69 Å². The van der Waals surface area contributed by atoms with Crippen molar-refractivity contribution in [3.63, 3.8) is 0 Å². The molecule has 11 heteroatoms. The second-order valence-corrected chi connectivity index (χ2v) is 9.22. The van der Waals surface area contributed by atoms with E-state index in [1.54, 1.807) is 21.7 Å². The molecule has 0 N–H and O–H groups in total. The van der Waals surface area contributed by atoms with Gasteiger partial charge in [0, 0.05) is 42.1 Å². The fraction of sp³-hybridized carbons (Fsp3) is 0.207. The monoisotopic (exact) mass is 580 g/mol. The maximum absolute atomic E-state index is 14.1. The van der Waals surface area contributed by atoms with E-state index in [4.69, 9.17) is 5.10 Å². The zero-order valence-electron chi connectivity index (χ0n) is 21.9. The number of halogens is 1. The molecule has 0 fully saturated rings. The molecule has 2 heterocycles. The zero-order valence-corrected chi connectivity index (χ0v) is 23.9. The topological polar surface area (TPSA) is 98.3 Å². The second-order valence-electron chi connectivity index (χ2n) is 9.22. The molecule has 1 aliphatic rings. The first-order chi connectivity index (χ1) is 18.3. The molecule has 4 aromatic rings. The summed E-state index contributed by atoms with van der Waals surface area (Å²) in [7, 11) is 0. The fourth-order valence-corrected chi connectivity index (χ4v) is 5.24. The molecule has 0 saturated carbocycles. The number of aromatic nitrogens is 2. The normalized spacial score (nSPS) is 16.0. The predicted octanol–water partition coefficient (Wildman–Crippen LogP) is 5.84. The number of carbonyl (C=O) groups excluding carboxylic acids is 2. The maximum atomic E-state index is 14.1. The number of nitro groups is 1. The Morgan fingerprint density at radius 3 is 2.33 bits per heavy atom. The van der Waals surface area contributed by atoms with E-state index in [0.717, 1.165) is 11.3 Å². The summed E-state index contributed by atoms with van der Waals surface area (Å²) in [6.07, 6.45) is -0.173. The van der Waals surface area contributed by atoms with E-state index in [9.17, 15) is 24.1 Å². The van der Waals surface area contributed by atoms with Gasteiger partial charge in [0.2, 0.25) is 5.91 Å². The van der Waals surface area contributed by atoms with Crippen molar-refractivity contribution >= 4 is 50.2 Å². The zero-order chi connectivity index (χ0) is 27.0. The average molecular weight is 581 g/mol. The number of ketones is 1. The van der Waals surface area contributed by atoms with Crippen LogP contribution < -0.4 is 4.90 Å². The number of anilines is 1. The van der Waals surface area contributed by atoms with Gasteiger partial charge in [-0.15, -0.1) is 0 Å².